The Morgan fingerprint density at radius 1 is 1.44 bits per heavy atom. The van der Waals surface area contributed by atoms with Gasteiger partial charge in [-0.3, -0.25) is 4.79 Å². The lowest BCUT2D eigenvalue weighted by atomic mass is 10.2. The van der Waals surface area contributed by atoms with Gasteiger partial charge < -0.3 is 16.4 Å². The smallest absolute Gasteiger partial charge is 0.242 e. The van der Waals surface area contributed by atoms with Crippen LogP contribution in [0.2, 0.25) is 0 Å². The molecule has 0 spiro atoms. The molecule has 0 aromatic rings. The molecular formula is C11H22N4O. The van der Waals surface area contributed by atoms with Gasteiger partial charge in [-0.15, -0.1) is 0 Å². The van der Waals surface area contributed by atoms with Crippen LogP contribution in [-0.2, 0) is 4.79 Å². The fourth-order valence-electron chi connectivity index (χ4n) is 1.85. The highest BCUT2D eigenvalue weighted by Gasteiger charge is 2.14. The maximum atomic E-state index is 11.3. The van der Waals surface area contributed by atoms with Gasteiger partial charge in [-0.05, 0) is 26.7 Å². The third-order valence-electron chi connectivity index (χ3n) is 2.55. The molecule has 4 N–H and O–H groups in total. The number of hydrogen-bond donors (Lipinski definition) is 3. The van der Waals surface area contributed by atoms with Gasteiger partial charge in [0.05, 0.1) is 0 Å². The van der Waals surface area contributed by atoms with E-state index in [4.69, 9.17) is 5.73 Å². The zero-order valence-electron chi connectivity index (χ0n) is 10.1. The number of carbonyl (C=O) groups excluding carboxylic acids is 1. The highest BCUT2D eigenvalue weighted by molar-refractivity contribution is 5.84. The minimum Gasteiger partial charge on any atom is -0.370 e. The van der Waals surface area contributed by atoms with E-state index in [-0.39, 0.29) is 18.5 Å². The van der Waals surface area contributed by atoms with E-state index in [1.165, 1.54) is 12.8 Å². The molecule has 0 radical (unpaired) electrons. The summed E-state index contributed by atoms with van der Waals surface area (Å²) >= 11 is 0. The van der Waals surface area contributed by atoms with Gasteiger partial charge in [0.25, 0.3) is 0 Å². The van der Waals surface area contributed by atoms with Crippen molar-refractivity contribution in [2.45, 2.75) is 51.6 Å². The van der Waals surface area contributed by atoms with E-state index in [0.29, 0.717) is 12.0 Å². The fourth-order valence-corrected chi connectivity index (χ4v) is 1.85. The van der Waals surface area contributed by atoms with Crippen LogP contribution in [0.1, 0.15) is 39.5 Å². The lowest BCUT2D eigenvalue weighted by Gasteiger charge is -2.12. The van der Waals surface area contributed by atoms with Crippen molar-refractivity contribution >= 4 is 11.9 Å². The van der Waals surface area contributed by atoms with Crippen LogP contribution in [0.3, 0.4) is 0 Å². The Hall–Kier alpha value is -1.26. The largest absolute Gasteiger partial charge is 0.370 e. The Bertz CT molecular complexity index is 257. The van der Waals surface area contributed by atoms with Gasteiger partial charge in [0.15, 0.2) is 5.96 Å². The lowest BCUT2D eigenvalue weighted by Crippen LogP contribution is -2.40. The molecule has 92 valence electrons. The number of guanidine groups is 1. The number of carbonyl (C=O) groups is 1. The van der Waals surface area contributed by atoms with Gasteiger partial charge in [-0.1, -0.05) is 12.8 Å². The second-order valence-corrected chi connectivity index (χ2v) is 4.55. The minimum absolute atomic E-state index is 0.0915. The third-order valence-corrected chi connectivity index (χ3v) is 2.55. The summed E-state index contributed by atoms with van der Waals surface area (Å²) in [6, 6.07) is 0.587. The summed E-state index contributed by atoms with van der Waals surface area (Å²) in [7, 11) is 0. The number of nitrogens with zero attached hydrogens (tertiary/aromatic N) is 1. The first-order valence-corrected chi connectivity index (χ1v) is 5.93. The third kappa shape index (κ3) is 5.00. The summed E-state index contributed by atoms with van der Waals surface area (Å²) in [5, 5.41) is 5.90. The molecule has 0 unspecified atom stereocenters. The number of amides is 1. The molecule has 1 aliphatic carbocycles. The monoisotopic (exact) mass is 226 g/mol. The number of hydrogen-bond acceptors (Lipinski definition) is 2. The van der Waals surface area contributed by atoms with Crippen molar-refractivity contribution in [3.63, 3.8) is 0 Å². The van der Waals surface area contributed by atoms with Crippen LogP contribution in [-0.4, -0.2) is 30.5 Å². The maximum absolute atomic E-state index is 11.3. The summed E-state index contributed by atoms with van der Waals surface area (Å²) in [6.07, 6.45) is 4.79. The summed E-state index contributed by atoms with van der Waals surface area (Å²) in [5.74, 6) is 0.289. The SMILES string of the molecule is CC(C)NC(=O)CN=C(N)NC1CCCC1. The number of rotatable bonds is 4. The highest BCUT2D eigenvalue weighted by atomic mass is 16.1. The topological polar surface area (TPSA) is 79.5 Å². The van der Waals surface area contributed by atoms with E-state index in [0.717, 1.165) is 12.8 Å². The van der Waals surface area contributed by atoms with Crippen molar-refractivity contribution in [2.24, 2.45) is 10.7 Å². The number of aliphatic imine (C=N–C) groups is 1. The van der Waals surface area contributed by atoms with E-state index < -0.39 is 0 Å². The molecule has 1 saturated carbocycles. The van der Waals surface area contributed by atoms with Crippen LogP contribution in [0.15, 0.2) is 4.99 Å². The average molecular weight is 226 g/mol. The van der Waals surface area contributed by atoms with E-state index in [9.17, 15) is 4.79 Å². The molecule has 1 aliphatic rings. The van der Waals surface area contributed by atoms with Crippen LogP contribution >= 0.6 is 0 Å². The molecule has 1 amide bonds. The second-order valence-electron chi connectivity index (χ2n) is 4.55. The molecule has 0 aliphatic heterocycles. The fraction of sp³-hybridized carbons (Fsp3) is 0.818. The molecule has 16 heavy (non-hydrogen) atoms. The molecule has 1 rings (SSSR count). The number of nitrogens with one attached hydrogen (secondary N) is 2. The Morgan fingerprint density at radius 3 is 2.62 bits per heavy atom. The molecular weight excluding hydrogens is 204 g/mol. The van der Waals surface area contributed by atoms with Crippen LogP contribution in [0.5, 0.6) is 0 Å². The van der Waals surface area contributed by atoms with Gasteiger partial charge >= 0.3 is 0 Å². The summed E-state index contributed by atoms with van der Waals surface area (Å²) < 4.78 is 0. The molecule has 0 saturated heterocycles. The first-order valence-electron chi connectivity index (χ1n) is 5.93. The molecule has 0 aromatic heterocycles. The summed E-state index contributed by atoms with van der Waals surface area (Å²) in [5.41, 5.74) is 5.69. The quantitative estimate of drug-likeness (QED) is 0.478. The normalized spacial score (nSPS) is 17.8. The van der Waals surface area contributed by atoms with E-state index >= 15 is 0 Å². The summed E-state index contributed by atoms with van der Waals surface area (Å²) in [4.78, 5) is 15.3. The predicted octanol–water partition coefficient (Wildman–Crippen LogP) is 0.358. The molecule has 1 fully saturated rings. The molecule has 0 aromatic carbocycles. The molecule has 0 bridgehead atoms. The van der Waals surface area contributed by atoms with Crippen molar-refractivity contribution in [3.05, 3.63) is 0 Å². The average Bonchev–Trinajstić information content (AvgIpc) is 2.66. The van der Waals surface area contributed by atoms with Crippen LogP contribution in [0.4, 0.5) is 0 Å². The summed E-state index contributed by atoms with van der Waals surface area (Å²) in [6.45, 7) is 3.94. The Kier molecular flexibility index (Phi) is 5.08. The Labute approximate surface area is 96.9 Å². The van der Waals surface area contributed by atoms with Gasteiger partial charge in [-0.2, -0.15) is 0 Å². The van der Waals surface area contributed by atoms with Crippen molar-refractivity contribution in [1.82, 2.24) is 10.6 Å². The Morgan fingerprint density at radius 2 is 2.06 bits per heavy atom. The van der Waals surface area contributed by atoms with Gasteiger partial charge in [0, 0.05) is 12.1 Å². The van der Waals surface area contributed by atoms with Gasteiger partial charge in [0.1, 0.15) is 6.54 Å². The van der Waals surface area contributed by atoms with Crippen LogP contribution < -0.4 is 16.4 Å². The van der Waals surface area contributed by atoms with Crippen molar-refractivity contribution in [2.75, 3.05) is 6.54 Å². The Balaban J connectivity index is 2.24. The van der Waals surface area contributed by atoms with Gasteiger partial charge in [0.2, 0.25) is 5.91 Å². The van der Waals surface area contributed by atoms with E-state index in [1.807, 2.05) is 13.8 Å². The van der Waals surface area contributed by atoms with Crippen molar-refractivity contribution < 1.29 is 4.79 Å². The van der Waals surface area contributed by atoms with E-state index in [2.05, 4.69) is 15.6 Å². The highest BCUT2D eigenvalue weighted by Crippen LogP contribution is 2.17. The van der Waals surface area contributed by atoms with E-state index in [1.54, 1.807) is 0 Å². The van der Waals surface area contributed by atoms with Gasteiger partial charge in [-0.25, -0.2) is 4.99 Å². The molecule has 5 heteroatoms. The molecule has 5 nitrogen and oxygen atoms in total. The van der Waals surface area contributed by atoms with Crippen molar-refractivity contribution in [1.29, 1.82) is 0 Å². The molecule has 0 heterocycles. The maximum Gasteiger partial charge on any atom is 0.242 e. The van der Waals surface area contributed by atoms with Crippen molar-refractivity contribution in [3.8, 4) is 0 Å². The zero-order chi connectivity index (χ0) is 12.0. The minimum atomic E-state index is -0.0915. The second kappa shape index (κ2) is 6.35. The van der Waals surface area contributed by atoms with Crippen LogP contribution in [0, 0.1) is 0 Å². The predicted molar refractivity (Wildman–Crippen MR) is 65.2 cm³/mol. The standard InChI is InChI=1S/C11H22N4O/c1-8(2)14-10(16)7-13-11(12)15-9-5-3-4-6-9/h8-9H,3-7H2,1-2H3,(H,14,16)(H3,12,13,15). The lowest BCUT2D eigenvalue weighted by molar-refractivity contribution is -0.120. The first-order chi connectivity index (χ1) is 7.58. The number of nitrogens with two attached hydrogens (primary N) is 1. The molecule has 0 atom stereocenters. The van der Waals surface area contributed by atoms with Crippen LogP contribution in [0.25, 0.3) is 0 Å². The zero-order valence-corrected chi connectivity index (χ0v) is 10.1. The first kappa shape index (κ1) is 12.8.